The molecule has 0 bridgehead atoms. The van der Waals surface area contributed by atoms with Crippen molar-refractivity contribution in [2.75, 3.05) is 13.6 Å². The maximum absolute atomic E-state index is 11.2. The van der Waals surface area contributed by atoms with E-state index in [1.54, 1.807) is 11.9 Å². The topological polar surface area (TPSA) is 37.4 Å². The van der Waals surface area contributed by atoms with Crippen LogP contribution in [0.3, 0.4) is 0 Å². The Morgan fingerprint density at radius 2 is 1.92 bits per heavy atom. The summed E-state index contributed by atoms with van der Waals surface area (Å²) in [6.45, 7) is 0.798. The third kappa shape index (κ3) is 2.64. The fraction of sp³-hybridized carbons (Fsp3) is 0.778. The summed E-state index contributed by atoms with van der Waals surface area (Å²) < 4.78 is 0. The van der Waals surface area contributed by atoms with Gasteiger partial charge in [0.15, 0.2) is 0 Å². The summed E-state index contributed by atoms with van der Waals surface area (Å²) in [4.78, 5) is 24.0. The molecular weight excluding hydrogens is 154 g/mol. The van der Waals surface area contributed by atoms with Gasteiger partial charge in [-0.15, -0.1) is 0 Å². The van der Waals surface area contributed by atoms with Gasteiger partial charge in [-0.25, -0.2) is 0 Å². The molecule has 0 aromatic heterocycles. The van der Waals surface area contributed by atoms with Gasteiger partial charge in [0, 0.05) is 20.0 Å². The van der Waals surface area contributed by atoms with Crippen molar-refractivity contribution in [1.82, 2.24) is 4.90 Å². The van der Waals surface area contributed by atoms with Crippen LogP contribution in [0.5, 0.6) is 0 Å². The van der Waals surface area contributed by atoms with E-state index in [1.165, 1.54) is 0 Å². The number of carbonyl (C=O) groups excluding carboxylic acids is 2. The number of Topliss-reactive ketones (excluding diaryl/α,β-unsaturated/α-hetero) is 1. The number of ketones is 1. The number of nitrogens with zero attached hydrogens (tertiary/aromatic N) is 1. The van der Waals surface area contributed by atoms with Crippen molar-refractivity contribution >= 4 is 11.7 Å². The quantitative estimate of drug-likeness (QED) is 0.507. The van der Waals surface area contributed by atoms with Gasteiger partial charge >= 0.3 is 0 Å². The van der Waals surface area contributed by atoms with E-state index in [0.717, 1.165) is 25.8 Å². The molecule has 0 aromatic carbocycles. The largest absolute Gasteiger partial charge is 0.345 e. The Kier molecular flexibility index (Phi) is 3.26. The Morgan fingerprint density at radius 1 is 1.17 bits per heavy atom. The third-order valence-corrected chi connectivity index (χ3v) is 2.22. The molecule has 0 aromatic rings. The predicted octanol–water partition coefficient (Wildman–Crippen LogP) is 0.978. The minimum absolute atomic E-state index is 0.0260. The first-order chi connectivity index (χ1) is 5.70. The lowest BCUT2D eigenvalue weighted by Crippen LogP contribution is -2.28. The number of hydrogen-bond acceptors (Lipinski definition) is 2. The molecule has 1 rings (SSSR count). The van der Waals surface area contributed by atoms with Crippen molar-refractivity contribution < 1.29 is 9.59 Å². The van der Waals surface area contributed by atoms with Crippen LogP contribution in [0.2, 0.25) is 0 Å². The molecule has 3 heteroatoms. The zero-order valence-corrected chi connectivity index (χ0v) is 7.51. The van der Waals surface area contributed by atoms with Gasteiger partial charge in [0.05, 0.1) is 6.42 Å². The molecule has 0 atom stereocenters. The fourth-order valence-electron chi connectivity index (χ4n) is 1.36. The first kappa shape index (κ1) is 9.23. The standard InChI is InChI=1S/C9H15NO2/c1-10-6-4-2-3-5-8(11)7-9(10)12/h2-7H2,1H3. The summed E-state index contributed by atoms with van der Waals surface area (Å²) in [6, 6.07) is 0. The van der Waals surface area contributed by atoms with Crippen LogP contribution in [0.1, 0.15) is 32.1 Å². The first-order valence-electron chi connectivity index (χ1n) is 4.46. The van der Waals surface area contributed by atoms with Crippen LogP contribution in [0, 0.1) is 0 Å². The van der Waals surface area contributed by atoms with Crippen molar-refractivity contribution in [3.8, 4) is 0 Å². The predicted molar refractivity (Wildman–Crippen MR) is 45.7 cm³/mol. The SMILES string of the molecule is CN1CCCCCC(=O)CC1=O. The summed E-state index contributed by atoms with van der Waals surface area (Å²) >= 11 is 0. The molecule has 0 N–H and O–H groups in total. The molecule has 3 nitrogen and oxygen atoms in total. The molecule has 68 valence electrons. The molecule has 1 fully saturated rings. The minimum Gasteiger partial charge on any atom is -0.345 e. The number of hydrogen-bond donors (Lipinski definition) is 0. The number of carbonyl (C=O) groups is 2. The molecule has 0 aliphatic carbocycles. The first-order valence-corrected chi connectivity index (χ1v) is 4.46. The highest BCUT2D eigenvalue weighted by atomic mass is 16.2. The lowest BCUT2D eigenvalue weighted by Gasteiger charge is -2.14. The van der Waals surface area contributed by atoms with Crippen LogP contribution in [0.15, 0.2) is 0 Å². The highest BCUT2D eigenvalue weighted by Gasteiger charge is 2.15. The maximum Gasteiger partial charge on any atom is 0.229 e. The van der Waals surface area contributed by atoms with Gasteiger partial charge < -0.3 is 4.90 Å². The van der Waals surface area contributed by atoms with E-state index in [-0.39, 0.29) is 18.1 Å². The molecule has 0 unspecified atom stereocenters. The second-order valence-electron chi connectivity index (χ2n) is 3.34. The highest BCUT2D eigenvalue weighted by molar-refractivity contribution is 5.97. The van der Waals surface area contributed by atoms with Crippen molar-refractivity contribution in [2.45, 2.75) is 32.1 Å². The van der Waals surface area contributed by atoms with Crippen molar-refractivity contribution in [3.05, 3.63) is 0 Å². The molecule has 0 saturated carbocycles. The van der Waals surface area contributed by atoms with Gasteiger partial charge in [-0.05, 0) is 12.8 Å². The average Bonchev–Trinajstić information content (AvgIpc) is 2.07. The van der Waals surface area contributed by atoms with Gasteiger partial charge in [-0.2, -0.15) is 0 Å². The van der Waals surface area contributed by atoms with Crippen LogP contribution in [-0.4, -0.2) is 30.2 Å². The van der Waals surface area contributed by atoms with Gasteiger partial charge in [0.25, 0.3) is 0 Å². The van der Waals surface area contributed by atoms with E-state index in [1.807, 2.05) is 0 Å². The van der Waals surface area contributed by atoms with E-state index in [9.17, 15) is 9.59 Å². The van der Waals surface area contributed by atoms with Crippen LogP contribution in [0.4, 0.5) is 0 Å². The van der Waals surface area contributed by atoms with Gasteiger partial charge in [-0.1, -0.05) is 6.42 Å². The van der Waals surface area contributed by atoms with Crippen LogP contribution < -0.4 is 0 Å². The Balaban J connectivity index is 2.52. The highest BCUT2D eigenvalue weighted by Crippen LogP contribution is 2.08. The molecule has 12 heavy (non-hydrogen) atoms. The normalized spacial score (nSPS) is 21.6. The molecule has 1 aliphatic rings. The van der Waals surface area contributed by atoms with Crippen LogP contribution in [-0.2, 0) is 9.59 Å². The van der Waals surface area contributed by atoms with Crippen molar-refractivity contribution in [3.63, 3.8) is 0 Å². The summed E-state index contributed by atoms with van der Waals surface area (Å²) in [5, 5.41) is 0. The van der Waals surface area contributed by atoms with E-state index >= 15 is 0 Å². The maximum atomic E-state index is 11.2. The Labute approximate surface area is 72.7 Å². The van der Waals surface area contributed by atoms with E-state index < -0.39 is 0 Å². The summed E-state index contributed by atoms with van der Waals surface area (Å²) in [7, 11) is 1.76. The molecule has 1 amide bonds. The van der Waals surface area contributed by atoms with Crippen molar-refractivity contribution in [1.29, 1.82) is 0 Å². The molecule has 1 heterocycles. The van der Waals surface area contributed by atoms with E-state index in [2.05, 4.69) is 0 Å². The minimum atomic E-state index is -0.0260. The van der Waals surface area contributed by atoms with E-state index in [0.29, 0.717) is 6.42 Å². The number of rotatable bonds is 0. The summed E-state index contributed by atoms with van der Waals surface area (Å²) in [5.41, 5.74) is 0. The summed E-state index contributed by atoms with van der Waals surface area (Å²) in [6.07, 6.45) is 3.72. The molecule has 1 aliphatic heterocycles. The smallest absolute Gasteiger partial charge is 0.229 e. The Bertz CT molecular complexity index is 189. The van der Waals surface area contributed by atoms with Crippen LogP contribution >= 0.6 is 0 Å². The molecule has 1 saturated heterocycles. The molecule has 0 spiro atoms. The lowest BCUT2D eigenvalue weighted by molar-refractivity contribution is -0.134. The number of amides is 1. The van der Waals surface area contributed by atoms with E-state index in [4.69, 9.17) is 0 Å². The summed E-state index contributed by atoms with van der Waals surface area (Å²) in [5.74, 6) is 0.0654. The van der Waals surface area contributed by atoms with Crippen LogP contribution in [0.25, 0.3) is 0 Å². The monoisotopic (exact) mass is 169 g/mol. The third-order valence-electron chi connectivity index (χ3n) is 2.22. The second kappa shape index (κ2) is 4.24. The van der Waals surface area contributed by atoms with Crippen molar-refractivity contribution in [2.24, 2.45) is 0 Å². The zero-order valence-electron chi connectivity index (χ0n) is 7.51. The Hall–Kier alpha value is -0.860. The van der Waals surface area contributed by atoms with Gasteiger partial charge in [0.2, 0.25) is 5.91 Å². The zero-order chi connectivity index (χ0) is 8.97. The van der Waals surface area contributed by atoms with Gasteiger partial charge in [0.1, 0.15) is 5.78 Å². The van der Waals surface area contributed by atoms with Gasteiger partial charge in [-0.3, -0.25) is 9.59 Å². The molecule has 0 radical (unpaired) electrons. The lowest BCUT2D eigenvalue weighted by atomic mass is 10.1. The second-order valence-corrected chi connectivity index (χ2v) is 3.34. The average molecular weight is 169 g/mol. The fourth-order valence-corrected chi connectivity index (χ4v) is 1.36. The molecular formula is C9H15NO2. The Morgan fingerprint density at radius 3 is 2.67 bits per heavy atom.